The highest BCUT2D eigenvalue weighted by molar-refractivity contribution is 6.31. The fourth-order valence-corrected chi connectivity index (χ4v) is 4.05. The maximum atomic E-state index is 13.3. The van der Waals surface area contributed by atoms with E-state index in [-0.39, 0.29) is 5.69 Å². The van der Waals surface area contributed by atoms with Gasteiger partial charge in [0.2, 0.25) is 5.69 Å². The zero-order chi connectivity index (χ0) is 20.5. The number of nitrogens with zero attached hydrogens (tertiary/aromatic N) is 4. The van der Waals surface area contributed by atoms with Gasteiger partial charge in [0.1, 0.15) is 11.8 Å². The Morgan fingerprint density at radius 2 is 1.97 bits per heavy atom. The van der Waals surface area contributed by atoms with Crippen LogP contribution in [0.3, 0.4) is 0 Å². The van der Waals surface area contributed by atoms with Gasteiger partial charge in [-0.3, -0.25) is 4.79 Å². The van der Waals surface area contributed by atoms with Crippen LogP contribution in [-0.2, 0) is 6.42 Å². The first-order valence-electron chi connectivity index (χ1n) is 9.13. The fourth-order valence-electron chi connectivity index (χ4n) is 3.77. The molecule has 1 heterocycles. The van der Waals surface area contributed by atoms with Gasteiger partial charge in [0, 0.05) is 5.02 Å². The van der Waals surface area contributed by atoms with Gasteiger partial charge < -0.3 is 4.74 Å². The second-order valence-electron chi connectivity index (χ2n) is 6.74. The monoisotopic (exact) mass is 408 g/mol. The van der Waals surface area contributed by atoms with Gasteiger partial charge in [-0.25, -0.2) is 9.36 Å². The van der Waals surface area contributed by atoms with Crippen LogP contribution >= 0.6 is 11.6 Å². The Balaban J connectivity index is 1.96. The number of hydrogen-bond donors (Lipinski definition) is 0. The number of aromatic nitrogens is 3. The standard InChI is InChI=1S/C21H17ClN4O3/c1-29-14-10-8-13(9-11-14)26-21(28)25(20(27)18(12-23)24-26)19-7-3-4-15-16(19)5-2-6-17(15)22/h2,5-6,8-11,19H,3-4,7H2,1H3. The van der Waals surface area contributed by atoms with Crippen molar-refractivity contribution in [1.29, 1.82) is 5.26 Å². The summed E-state index contributed by atoms with van der Waals surface area (Å²) in [6, 6.07) is 13.5. The topological polar surface area (TPSA) is 89.9 Å². The molecule has 0 N–H and O–H groups in total. The van der Waals surface area contributed by atoms with Gasteiger partial charge in [-0.2, -0.15) is 9.94 Å². The molecule has 2 aromatic carbocycles. The zero-order valence-electron chi connectivity index (χ0n) is 15.6. The molecular weight excluding hydrogens is 392 g/mol. The van der Waals surface area contributed by atoms with E-state index in [1.165, 1.54) is 0 Å². The molecule has 29 heavy (non-hydrogen) atoms. The minimum atomic E-state index is -0.694. The van der Waals surface area contributed by atoms with Crippen LogP contribution in [0.4, 0.5) is 0 Å². The Morgan fingerprint density at radius 1 is 1.21 bits per heavy atom. The van der Waals surface area contributed by atoms with E-state index in [9.17, 15) is 14.9 Å². The molecule has 0 saturated heterocycles. The first-order chi connectivity index (χ1) is 14.0. The van der Waals surface area contributed by atoms with Crippen molar-refractivity contribution in [2.75, 3.05) is 7.11 Å². The molecule has 4 rings (SSSR count). The Morgan fingerprint density at radius 3 is 2.66 bits per heavy atom. The third-order valence-corrected chi connectivity index (χ3v) is 5.52. The van der Waals surface area contributed by atoms with Crippen molar-refractivity contribution in [1.82, 2.24) is 14.3 Å². The summed E-state index contributed by atoms with van der Waals surface area (Å²) in [7, 11) is 1.54. The zero-order valence-corrected chi connectivity index (χ0v) is 16.4. The number of ether oxygens (including phenoxy) is 1. The highest BCUT2D eigenvalue weighted by Gasteiger charge is 2.28. The summed E-state index contributed by atoms with van der Waals surface area (Å²) in [6.07, 6.45) is 2.16. The maximum absolute atomic E-state index is 13.3. The average Bonchev–Trinajstić information content (AvgIpc) is 2.75. The lowest BCUT2D eigenvalue weighted by atomic mass is 9.87. The molecule has 3 aromatic rings. The van der Waals surface area contributed by atoms with Gasteiger partial charge in [0.15, 0.2) is 0 Å². The lowest BCUT2D eigenvalue weighted by Crippen LogP contribution is -2.45. The van der Waals surface area contributed by atoms with Gasteiger partial charge in [-0.15, -0.1) is 5.10 Å². The van der Waals surface area contributed by atoms with E-state index in [0.29, 0.717) is 22.9 Å². The van der Waals surface area contributed by atoms with Crippen molar-refractivity contribution >= 4 is 11.6 Å². The smallest absolute Gasteiger partial charge is 0.352 e. The second-order valence-corrected chi connectivity index (χ2v) is 7.15. The highest BCUT2D eigenvalue weighted by Crippen LogP contribution is 2.35. The lowest BCUT2D eigenvalue weighted by molar-refractivity contribution is 0.414. The molecule has 0 radical (unpaired) electrons. The predicted molar refractivity (Wildman–Crippen MR) is 108 cm³/mol. The largest absolute Gasteiger partial charge is 0.497 e. The molecule has 7 nitrogen and oxygen atoms in total. The van der Waals surface area contributed by atoms with Crippen molar-refractivity contribution in [3.63, 3.8) is 0 Å². The number of halogens is 1. The first kappa shape index (κ1) is 19.0. The van der Waals surface area contributed by atoms with E-state index < -0.39 is 17.3 Å². The summed E-state index contributed by atoms with van der Waals surface area (Å²) in [5, 5.41) is 14.0. The van der Waals surface area contributed by atoms with E-state index in [0.717, 1.165) is 33.2 Å². The van der Waals surface area contributed by atoms with Gasteiger partial charge in [0.05, 0.1) is 18.8 Å². The normalized spacial score (nSPS) is 15.4. The number of fused-ring (bicyclic) bond motifs is 1. The molecule has 1 aliphatic rings. The molecular formula is C21H17ClN4O3. The molecule has 1 unspecified atom stereocenters. The number of rotatable bonds is 3. The minimum absolute atomic E-state index is 0.338. The van der Waals surface area contributed by atoms with Gasteiger partial charge >= 0.3 is 5.69 Å². The van der Waals surface area contributed by atoms with Crippen molar-refractivity contribution in [3.8, 4) is 17.5 Å². The van der Waals surface area contributed by atoms with Crippen LogP contribution in [-0.4, -0.2) is 21.5 Å². The van der Waals surface area contributed by atoms with E-state index in [1.54, 1.807) is 43.5 Å². The van der Waals surface area contributed by atoms with E-state index in [2.05, 4.69) is 5.10 Å². The molecule has 8 heteroatoms. The highest BCUT2D eigenvalue weighted by atomic mass is 35.5. The Bertz CT molecular complexity index is 1240. The predicted octanol–water partition coefficient (Wildman–Crippen LogP) is 2.85. The molecule has 0 aliphatic heterocycles. The van der Waals surface area contributed by atoms with E-state index in [1.807, 2.05) is 12.1 Å². The molecule has 0 fully saturated rings. The van der Waals surface area contributed by atoms with Crippen molar-refractivity contribution in [3.05, 3.63) is 85.1 Å². The van der Waals surface area contributed by atoms with Crippen LogP contribution in [0, 0.1) is 11.3 Å². The molecule has 1 atom stereocenters. The number of benzene rings is 2. The minimum Gasteiger partial charge on any atom is -0.497 e. The quantitative estimate of drug-likeness (QED) is 0.664. The average molecular weight is 409 g/mol. The van der Waals surface area contributed by atoms with Crippen LogP contribution in [0.25, 0.3) is 5.69 Å². The Labute approximate surface area is 171 Å². The number of nitriles is 1. The summed E-state index contributed by atoms with van der Waals surface area (Å²) in [5.41, 5.74) is 0.567. The third kappa shape index (κ3) is 3.22. The molecule has 1 aliphatic carbocycles. The number of hydrogen-bond acceptors (Lipinski definition) is 5. The van der Waals surface area contributed by atoms with Gasteiger partial charge in [-0.05, 0) is 60.7 Å². The van der Waals surface area contributed by atoms with Crippen molar-refractivity contribution < 1.29 is 4.74 Å². The van der Waals surface area contributed by atoms with Crippen LogP contribution in [0.1, 0.15) is 35.7 Å². The van der Waals surface area contributed by atoms with Crippen LogP contribution in [0.15, 0.2) is 52.1 Å². The Hall–Kier alpha value is -3.37. The lowest BCUT2D eigenvalue weighted by Gasteiger charge is -2.27. The molecule has 146 valence electrons. The van der Waals surface area contributed by atoms with Crippen LogP contribution in [0.5, 0.6) is 5.75 Å². The van der Waals surface area contributed by atoms with Crippen LogP contribution in [0.2, 0.25) is 5.02 Å². The van der Waals surface area contributed by atoms with Crippen molar-refractivity contribution in [2.24, 2.45) is 0 Å². The summed E-state index contributed by atoms with van der Waals surface area (Å²) in [5.74, 6) is 0.617. The molecule has 0 bridgehead atoms. The number of methoxy groups -OCH3 is 1. The van der Waals surface area contributed by atoms with E-state index in [4.69, 9.17) is 16.3 Å². The SMILES string of the molecule is COc1ccc(-n2nc(C#N)c(=O)n(C3CCCc4c(Cl)cccc43)c2=O)cc1. The van der Waals surface area contributed by atoms with Gasteiger partial charge in [0.25, 0.3) is 5.56 Å². The molecule has 0 amide bonds. The molecule has 1 aromatic heterocycles. The maximum Gasteiger partial charge on any atom is 0.352 e. The molecule has 0 spiro atoms. The van der Waals surface area contributed by atoms with Gasteiger partial charge in [-0.1, -0.05) is 23.7 Å². The fraction of sp³-hybridized carbons (Fsp3) is 0.238. The van der Waals surface area contributed by atoms with Crippen molar-refractivity contribution in [2.45, 2.75) is 25.3 Å². The second kappa shape index (κ2) is 7.57. The summed E-state index contributed by atoms with van der Waals surface area (Å²) < 4.78 is 7.35. The summed E-state index contributed by atoms with van der Waals surface area (Å²) in [4.78, 5) is 26.2. The first-order valence-corrected chi connectivity index (χ1v) is 9.50. The Kier molecular flexibility index (Phi) is 4.95. The summed E-state index contributed by atoms with van der Waals surface area (Å²) in [6.45, 7) is 0. The van der Waals surface area contributed by atoms with E-state index >= 15 is 0 Å². The summed E-state index contributed by atoms with van der Waals surface area (Å²) >= 11 is 6.34. The van der Waals surface area contributed by atoms with Crippen LogP contribution < -0.4 is 16.0 Å². The third-order valence-electron chi connectivity index (χ3n) is 5.16. The molecule has 0 saturated carbocycles.